The van der Waals surface area contributed by atoms with Crippen LogP contribution >= 0.6 is 0 Å². The summed E-state index contributed by atoms with van der Waals surface area (Å²) in [5, 5.41) is 1.04. The van der Waals surface area contributed by atoms with Crippen LogP contribution in [-0.2, 0) is 19.4 Å². The number of rotatable bonds is 7. The zero-order chi connectivity index (χ0) is 16.0. The number of anilines is 1. The highest BCUT2D eigenvalue weighted by Gasteiger charge is 2.28. The molecule has 0 fully saturated rings. The molecule has 0 saturated carbocycles. The largest absolute Gasteiger partial charge is 0.492 e. The molecule has 1 rings (SSSR count). The predicted octanol–water partition coefficient (Wildman–Crippen LogP) is 0.312. The van der Waals surface area contributed by atoms with E-state index in [-0.39, 0.29) is 0 Å². The lowest BCUT2D eigenvalue weighted by Gasteiger charge is -2.12. The molecular weight excluding hydrogens is 296 g/mol. The lowest BCUT2D eigenvalue weighted by molar-refractivity contribution is -0.117. The molecule has 8 heteroatoms. The quantitative estimate of drug-likeness (QED) is 0.751. The lowest BCUT2D eigenvalue weighted by atomic mass is 10.3. The Balaban J connectivity index is 2.81. The Morgan fingerprint density at radius 2 is 1.95 bits per heavy atom. The van der Waals surface area contributed by atoms with Gasteiger partial charge in [-0.2, -0.15) is 0 Å². The molecule has 0 aliphatic carbocycles. The molecule has 1 atom stereocenters. The second-order valence-electron chi connectivity index (χ2n) is 4.33. The van der Waals surface area contributed by atoms with Gasteiger partial charge >= 0.3 is 0 Å². The minimum absolute atomic E-state index is 0.367. The van der Waals surface area contributed by atoms with Crippen LogP contribution < -0.4 is 15.8 Å². The van der Waals surface area contributed by atoms with Crippen LogP contribution in [0.15, 0.2) is 24.3 Å². The maximum atomic E-state index is 11.8. The fraction of sp³-hybridized carbons (Fsp3) is 0.385. The molecule has 0 saturated heterocycles. The fourth-order valence-electron chi connectivity index (χ4n) is 1.52. The van der Waals surface area contributed by atoms with Gasteiger partial charge in [0.25, 0.3) is 0 Å². The van der Waals surface area contributed by atoms with Crippen molar-refractivity contribution >= 4 is 27.3 Å². The Kier molecular flexibility index (Phi) is 5.71. The van der Waals surface area contributed by atoms with E-state index >= 15 is 0 Å². The summed E-state index contributed by atoms with van der Waals surface area (Å²) >= 11 is 0. The van der Waals surface area contributed by atoms with E-state index in [1.807, 2.05) is 0 Å². The van der Waals surface area contributed by atoms with Crippen LogP contribution in [0.3, 0.4) is 0 Å². The van der Waals surface area contributed by atoms with Crippen molar-refractivity contribution in [2.45, 2.75) is 19.1 Å². The Labute approximate surface area is 123 Å². The number of ether oxygens (including phenoxy) is 1. The van der Waals surface area contributed by atoms with Crippen molar-refractivity contribution in [2.75, 3.05) is 17.7 Å². The van der Waals surface area contributed by atoms with E-state index in [1.54, 1.807) is 31.2 Å². The Morgan fingerprint density at radius 3 is 2.52 bits per heavy atom. The number of para-hydroxylation sites is 2. The average Bonchev–Trinajstić information content (AvgIpc) is 2.39. The molecule has 3 N–H and O–H groups in total. The van der Waals surface area contributed by atoms with Gasteiger partial charge in [-0.05, 0) is 26.0 Å². The molecule has 0 bridgehead atoms. The van der Waals surface area contributed by atoms with Crippen molar-refractivity contribution in [1.82, 2.24) is 0 Å². The number of nitrogens with two attached hydrogens (primary N) is 1. The van der Waals surface area contributed by atoms with E-state index in [4.69, 9.17) is 10.5 Å². The third kappa shape index (κ3) is 4.75. The molecule has 1 unspecified atom stereocenters. The molecule has 1 aromatic carbocycles. The number of amides is 2. The normalized spacial score (nSPS) is 12.5. The van der Waals surface area contributed by atoms with Gasteiger partial charge in [-0.1, -0.05) is 12.1 Å². The third-order valence-electron chi connectivity index (χ3n) is 2.73. The minimum Gasteiger partial charge on any atom is -0.492 e. The van der Waals surface area contributed by atoms with Gasteiger partial charge in [-0.15, -0.1) is 0 Å². The number of hydrogen-bond acceptors (Lipinski definition) is 5. The molecule has 0 radical (unpaired) electrons. The molecule has 0 aliphatic heterocycles. The van der Waals surface area contributed by atoms with Gasteiger partial charge in [0.2, 0.25) is 11.8 Å². The first-order valence-electron chi connectivity index (χ1n) is 6.30. The zero-order valence-electron chi connectivity index (χ0n) is 11.8. The summed E-state index contributed by atoms with van der Waals surface area (Å²) in [6.45, 7) is 3.35. The second-order valence-corrected chi connectivity index (χ2v) is 6.65. The predicted molar refractivity (Wildman–Crippen MR) is 78.7 cm³/mol. The average molecular weight is 314 g/mol. The summed E-state index contributed by atoms with van der Waals surface area (Å²) in [4.78, 5) is 22.7. The minimum atomic E-state index is -3.93. The Bertz CT molecular complexity index is 627. The number of primary amides is 1. The van der Waals surface area contributed by atoms with Crippen molar-refractivity contribution in [3.05, 3.63) is 24.3 Å². The number of hydrogen-bond donors (Lipinski definition) is 2. The van der Waals surface area contributed by atoms with Gasteiger partial charge in [0, 0.05) is 0 Å². The molecule has 21 heavy (non-hydrogen) atoms. The van der Waals surface area contributed by atoms with E-state index in [0.717, 1.165) is 6.92 Å². The molecule has 1 aromatic rings. The fourth-order valence-corrected chi connectivity index (χ4v) is 2.56. The highest BCUT2D eigenvalue weighted by molar-refractivity contribution is 7.93. The summed E-state index contributed by atoms with van der Waals surface area (Å²) < 4.78 is 28.9. The highest BCUT2D eigenvalue weighted by atomic mass is 32.2. The van der Waals surface area contributed by atoms with Crippen molar-refractivity contribution in [3.63, 3.8) is 0 Å². The van der Waals surface area contributed by atoms with E-state index < -0.39 is 32.7 Å². The van der Waals surface area contributed by atoms with Crippen LogP contribution in [-0.4, -0.2) is 37.8 Å². The van der Waals surface area contributed by atoms with Gasteiger partial charge in [0.05, 0.1) is 12.3 Å². The smallest absolute Gasteiger partial charge is 0.239 e. The third-order valence-corrected chi connectivity index (χ3v) is 4.71. The van der Waals surface area contributed by atoms with Crippen LogP contribution in [0.25, 0.3) is 0 Å². The molecule has 2 amide bonds. The Morgan fingerprint density at radius 1 is 1.33 bits per heavy atom. The molecule has 7 nitrogen and oxygen atoms in total. The second kappa shape index (κ2) is 7.07. The Hall–Kier alpha value is -2.09. The number of nitrogens with one attached hydrogen (secondary N) is 1. The van der Waals surface area contributed by atoms with Crippen molar-refractivity contribution in [1.29, 1.82) is 0 Å². The first kappa shape index (κ1) is 17.0. The van der Waals surface area contributed by atoms with Crippen LogP contribution in [0.2, 0.25) is 0 Å². The summed E-state index contributed by atoms with van der Waals surface area (Å²) in [5.41, 5.74) is 5.31. The summed E-state index contributed by atoms with van der Waals surface area (Å²) in [7, 11) is -3.93. The molecule has 0 spiro atoms. The summed E-state index contributed by atoms with van der Waals surface area (Å²) in [6, 6.07) is 6.65. The first-order valence-corrected chi connectivity index (χ1v) is 8.02. The number of carbonyl (C=O) groups excluding carboxylic acids is 2. The van der Waals surface area contributed by atoms with E-state index in [2.05, 4.69) is 5.32 Å². The maximum Gasteiger partial charge on any atom is 0.239 e. The van der Waals surface area contributed by atoms with Crippen molar-refractivity contribution < 1.29 is 22.7 Å². The van der Waals surface area contributed by atoms with Crippen LogP contribution in [0, 0.1) is 0 Å². The van der Waals surface area contributed by atoms with Crippen molar-refractivity contribution in [3.8, 4) is 5.75 Å². The summed E-state index contributed by atoms with van der Waals surface area (Å²) in [6.07, 6.45) is 0. The van der Waals surface area contributed by atoms with Gasteiger partial charge in [-0.3, -0.25) is 9.59 Å². The van der Waals surface area contributed by atoms with Gasteiger partial charge in [0.1, 0.15) is 16.8 Å². The van der Waals surface area contributed by atoms with Crippen LogP contribution in [0.5, 0.6) is 5.75 Å². The van der Waals surface area contributed by atoms with Crippen LogP contribution in [0.1, 0.15) is 13.8 Å². The molecule has 0 heterocycles. The molecular formula is C13H18N2O5S. The maximum absolute atomic E-state index is 11.8. The topological polar surface area (TPSA) is 116 Å². The van der Waals surface area contributed by atoms with Gasteiger partial charge < -0.3 is 15.8 Å². The van der Waals surface area contributed by atoms with Crippen molar-refractivity contribution in [2.24, 2.45) is 5.73 Å². The molecule has 0 aliphatic rings. The standard InChI is InChI=1S/C13H18N2O5S/c1-3-20-11-7-5-4-6-10(11)15-12(16)8-21(18,19)9(2)13(14)17/h4-7,9H,3,8H2,1-2H3,(H2,14,17)(H,15,16). The van der Waals surface area contributed by atoms with Crippen LogP contribution in [0.4, 0.5) is 5.69 Å². The molecule has 116 valence electrons. The number of sulfone groups is 1. The van der Waals surface area contributed by atoms with Gasteiger partial charge in [0.15, 0.2) is 9.84 Å². The number of benzene rings is 1. The monoisotopic (exact) mass is 314 g/mol. The molecule has 0 aromatic heterocycles. The lowest BCUT2D eigenvalue weighted by Crippen LogP contribution is -2.37. The first-order chi connectivity index (χ1) is 9.77. The SMILES string of the molecule is CCOc1ccccc1NC(=O)CS(=O)(=O)C(C)C(N)=O. The van der Waals surface area contributed by atoms with E-state index in [0.29, 0.717) is 18.0 Å². The van der Waals surface area contributed by atoms with E-state index in [9.17, 15) is 18.0 Å². The summed E-state index contributed by atoms with van der Waals surface area (Å²) in [5.74, 6) is -2.13. The van der Waals surface area contributed by atoms with Gasteiger partial charge in [-0.25, -0.2) is 8.42 Å². The van der Waals surface area contributed by atoms with E-state index in [1.165, 1.54) is 0 Å². The number of carbonyl (C=O) groups is 2. The highest BCUT2D eigenvalue weighted by Crippen LogP contribution is 2.23. The zero-order valence-corrected chi connectivity index (χ0v) is 12.6.